The molecule has 0 aromatic rings. The largest absolute Gasteiger partial charge is 0.462 e. The van der Waals surface area contributed by atoms with E-state index in [0.717, 1.165) is 70.6 Å². The average molecular weight is 946 g/mol. The van der Waals surface area contributed by atoms with Crippen molar-refractivity contribution in [2.45, 2.75) is 277 Å². The van der Waals surface area contributed by atoms with Gasteiger partial charge < -0.3 is 14.6 Å². The second-order valence-electron chi connectivity index (χ2n) is 19.0. The van der Waals surface area contributed by atoms with Crippen LogP contribution in [0.4, 0.5) is 0 Å². The Labute approximate surface area is 421 Å². The number of carbonyl (C=O) groups excluding carboxylic acids is 2. The molecule has 0 rings (SSSR count). The standard InChI is InChI=1S/C63H108O5/c1-3-5-7-9-11-13-15-17-18-19-20-21-22-23-24-25-26-27-28-29-30-31-32-33-34-35-36-37-38-39-40-41-42-43-44-46-48-50-52-54-56-58-63(66)68-61(59-64)60-67-62(65)57-55-53-51-49-47-45-16-14-12-10-8-6-4-2/h5-8,11-14,17-18,20-21,45,47,51,53,61,64H,3-4,9-10,15-16,19,22-44,46,48-50,52,54-60H2,1-2H3/b7-5-,8-6-,13-11-,14-12-,18-17-,21-20-,47-45-,53-51-. The van der Waals surface area contributed by atoms with Gasteiger partial charge in [0.05, 0.1) is 6.61 Å². The van der Waals surface area contributed by atoms with Crippen molar-refractivity contribution in [1.82, 2.24) is 0 Å². The number of unbranched alkanes of at least 4 members (excludes halogenated alkanes) is 28. The third-order valence-electron chi connectivity index (χ3n) is 12.4. The van der Waals surface area contributed by atoms with Gasteiger partial charge in [0.1, 0.15) is 6.61 Å². The van der Waals surface area contributed by atoms with Crippen molar-refractivity contribution in [2.24, 2.45) is 0 Å². The molecule has 0 aromatic heterocycles. The summed E-state index contributed by atoms with van der Waals surface area (Å²) < 4.78 is 10.6. The molecule has 0 bridgehead atoms. The smallest absolute Gasteiger partial charge is 0.306 e. The Hall–Kier alpha value is -3.18. The van der Waals surface area contributed by atoms with Gasteiger partial charge in [0.15, 0.2) is 6.10 Å². The normalized spacial score (nSPS) is 12.9. The lowest BCUT2D eigenvalue weighted by Crippen LogP contribution is -2.28. The molecule has 1 N–H and O–H groups in total. The van der Waals surface area contributed by atoms with E-state index in [1.54, 1.807) is 0 Å². The predicted octanol–water partition coefficient (Wildman–Crippen LogP) is 19.5. The molecule has 0 aliphatic rings. The Morgan fingerprint density at radius 1 is 0.338 bits per heavy atom. The number of aliphatic hydroxyl groups excluding tert-OH is 1. The number of hydrogen-bond donors (Lipinski definition) is 1. The number of ether oxygens (including phenoxy) is 2. The summed E-state index contributed by atoms with van der Waals surface area (Å²) in [5, 5.41) is 9.60. The summed E-state index contributed by atoms with van der Waals surface area (Å²) in [4.78, 5) is 24.4. The first-order valence-electron chi connectivity index (χ1n) is 28.8. The summed E-state index contributed by atoms with van der Waals surface area (Å²) in [6.07, 6.45) is 82.9. The van der Waals surface area contributed by atoms with Crippen LogP contribution in [0, 0.1) is 0 Å². The fraction of sp³-hybridized carbons (Fsp3) is 0.714. The Morgan fingerprint density at radius 3 is 0.941 bits per heavy atom. The van der Waals surface area contributed by atoms with Gasteiger partial charge in [-0.1, -0.05) is 278 Å². The molecule has 0 heterocycles. The van der Waals surface area contributed by atoms with Gasteiger partial charge in [-0.15, -0.1) is 0 Å². The summed E-state index contributed by atoms with van der Waals surface area (Å²) >= 11 is 0. The van der Waals surface area contributed by atoms with Crippen LogP contribution < -0.4 is 0 Å². The molecule has 0 aliphatic carbocycles. The molecule has 0 radical (unpaired) electrons. The van der Waals surface area contributed by atoms with Crippen LogP contribution in [0.2, 0.25) is 0 Å². The monoisotopic (exact) mass is 945 g/mol. The lowest BCUT2D eigenvalue weighted by molar-refractivity contribution is -0.161. The lowest BCUT2D eigenvalue weighted by atomic mass is 10.0. The third-order valence-corrected chi connectivity index (χ3v) is 12.4. The highest BCUT2D eigenvalue weighted by Crippen LogP contribution is 2.17. The van der Waals surface area contributed by atoms with Crippen LogP contribution in [0.3, 0.4) is 0 Å². The number of esters is 2. The van der Waals surface area contributed by atoms with Gasteiger partial charge in [-0.2, -0.15) is 0 Å². The van der Waals surface area contributed by atoms with E-state index in [1.807, 2.05) is 12.2 Å². The van der Waals surface area contributed by atoms with Crippen molar-refractivity contribution in [3.8, 4) is 0 Å². The van der Waals surface area contributed by atoms with Crippen molar-refractivity contribution >= 4 is 11.9 Å². The molecule has 0 fully saturated rings. The Bertz CT molecular complexity index is 1300. The van der Waals surface area contributed by atoms with E-state index in [4.69, 9.17) is 9.47 Å². The van der Waals surface area contributed by atoms with Gasteiger partial charge in [0, 0.05) is 12.8 Å². The third kappa shape index (κ3) is 55.4. The molecule has 1 atom stereocenters. The molecule has 5 nitrogen and oxygen atoms in total. The highest BCUT2D eigenvalue weighted by atomic mass is 16.6. The first kappa shape index (κ1) is 64.8. The zero-order chi connectivity index (χ0) is 49.2. The quantitative estimate of drug-likeness (QED) is 0.0374. The fourth-order valence-electron chi connectivity index (χ4n) is 8.15. The molecule has 5 heteroatoms. The van der Waals surface area contributed by atoms with E-state index >= 15 is 0 Å². The molecule has 68 heavy (non-hydrogen) atoms. The number of carbonyl (C=O) groups is 2. The van der Waals surface area contributed by atoms with Gasteiger partial charge in [0.2, 0.25) is 0 Å². The van der Waals surface area contributed by atoms with Crippen molar-refractivity contribution in [3.05, 3.63) is 97.2 Å². The van der Waals surface area contributed by atoms with Crippen LogP contribution in [-0.4, -0.2) is 36.4 Å². The second kappa shape index (κ2) is 58.1. The molecule has 0 aliphatic heterocycles. The van der Waals surface area contributed by atoms with Crippen LogP contribution in [0.25, 0.3) is 0 Å². The summed E-state index contributed by atoms with van der Waals surface area (Å²) in [5.74, 6) is -0.680. The Kier molecular flexibility index (Phi) is 55.4. The highest BCUT2D eigenvalue weighted by molar-refractivity contribution is 5.70. The Balaban J connectivity index is 3.40. The molecular weight excluding hydrogens is 837 g/mol. The molecular formula is C63H108O5. The molecule has 0 spiro atoms. The van der Waals surface area contributed by atoms with Crippen molar-refractivity contribution in [1.29, 1.82) is 0 Å². The van der Waals surface area contributed by atoms with Crippen LogP contribution in [0.15, 0.2) is 97.2 Å². The minimum absolute atomic E-state index is 0.105. The molecule has 390 valence electrons. The minimum Gasteiger partial charge on any atom is -0.462 e. The lowest BCUT2D eigenvalue weighted by Gasteiger charge is -2.15. The van der Waals surface area contributed by atoms with E-state index in [0.29, 0.717) is 12.8 Å². The predicted molar refractivity (Wildman–Crippen MR) is 297 cm³/mol. The van der Waals surface area contributed by atoms with Gasteiger partial charge in [0.25, 0.3) is 0 Å². The second-order valence-corrected chi connectivity index (χ2v) is 19.0. The van der Waals surface area contributed by atoms with Crippen LogP contribution in [0.1, 0.15) is 271 Å². The van der Waals surface area contributed by atoms with Crippen LogP contribution >= 0.6 is 0 Å². The Morgan fingerprint density at radius 2 is 0.618 bits per heavy atom. The van der Waals surface area contributed by atoms with Gasteiger partial charge in [-0.25, -0.2) is 0 Å². The summed E-state index contributed by atoms with van der Waals surface area (Å²) in [6, 6.07) is 0. The zero-order valence-corrected chi connectivity index (χ0v) is 44.6. The van der Waals surface area contributed by atoms with E-state index in [1.165, 1.54) is 167 Å². The van der Waals surface area contributed by atoms with Crippen molar-refractivity contribution in [2.75, 3.05) is 13.2 Å². The maximum atomic E-state index is 12.3. The van der Waals surface area contributed by atoms with E-state index in [2.05, 4.69) is 98.9 Å². The number of rotatable bonds is 52. The molecule has 0 amide bonds. The first-order chi connectivity index (χ1) is 33.6. The number of hydrogen-bond acceptors (Lipinski definition) is 5. The summed E-state index contributed by atoms with van der Waals surface area (Å²) in [7, 11) is 0. The van der Waals surface area contributed by atoms with Gasteiger partial charge in [-0.3, -0.25) is 9.59 Å². The van der Waals surface area contributed by atoms with E-state index < -0.39 is 6.10 Å². The highest BCUT2D eigenvalue weighted by Gasteiger charge is 2.16. The van der Waals surface area contributed by atoms with Crippen molar-refractivity contribution in [3.63, 3.8) is 0 Å². The number of aliphatic hydroxyl groups is 1. The minimum atomic E-state index is -0.802. The van der Waals surface area contributed by atoms with E-state index in [-0.39, 0.29) is 31.6 Å². The first-order valence-corrected chi connectivity index (χ1v) is 28.8. The SMILES string of the molecule is CC/C=C\C/C=C\C/C=C\C/C=C\CCCCCCCCCCCCCCCCCCCCCCCCCCCCCCC(=O)OC(CO)COC(=O)CC/C=C\C/C=C\C/C=C\C/C=C\CC. The maximum Gasteiger partial charge on any atom is 0.306 e. The summed E-state index contributed by atoms with van der Waals surface area (Å²) in [6.45, 7) is 3.86. The molecule has 0 saturated heterocycles. The summed E-state index contributed by atoms with van der Waals surface area (Å²) in [5.41, 5.74) is 0. The van der Waals surface area contributed by atoms with E-state index in [9.17, 15) is 14.7 Å². The topological polar surface area (TPSA) is 72.8 Å². The molecule has 1 unspecified atom stereocenters. The van der Waals surface area contributed by atoms with Crippen LogP contribution in [-0.2, 0) is 19.1 Å². The van der Waals surface area contributed by atoms with Gasteiger partial charge >= 0.3 is 11.9 Å². The van der Waals surface area contributed by atoms with Crippen LogP contribution in [0.5, 0.6) is 0 Å². The zero-order valence-electron chi connectivity index (χ0n) is 44.6. The fourth-order valence-corrected chi connectivity index (χ4v) is 8.15. The number of allylic oxidation sites excluding steroid dienone is 16. The van der Waals surface area contributed by atoms with Crippen molar-refractivity contribution < 1.29 is 24.2 Å². The average Bonchev–Trinajstić information content (AvgIpc) is 3.34. The maximum absolute atomic E-state index is 12.3. The molecule has 0 aromatic carbocycles. The molecule has 0 saturated carbocycles. The van der Waals surface area contributed by atoms with Gasteiger partial charge in [-0.05, 0) is 77.0 Å².